The predicted molar refractivity (Wildman–Crippen MR) is 68.7 cm³/mol. The standard InChI is InChI=1S/C10H16N4O4S/c1-18-6-5-12-9(15)7-14-19(16,17)10-8(11)3-2-4-13-10/h2-4,14H,5-7,11H2,1H3,(H,12,15). The Labute approximate surface area is 111 Å². The van der Waals surface area contributed by atoms with E-state index in [0.29, 0.717) is 13.2 Å². The molecule has 0 aliphatic carbocycles. The fourth-order valence-electron chi connectivity index (χ4n) is 1.21. The van der Waals surface area contributed by atoms with Gasteiger partial charge < -0.3 is 15.8 Å². The molecule has 1 amide bonds. The molecule has 8 nitrogen and oxygen atoms in total. The van der Waals surface area contributed by atoms with Crippen molar-refractivity contribution in [3.8, 4) is 0 Å². The number of methoxy groups -OCH3 is 1. The lowest BCUT2D eigenvalue weighted by atomic mass is 10.4. The molecule has 0 radical (unpaired) electrons. The summed E-state index contributed by atoms with van der Waals surface area (Å²) >= 11 is 0. The number of nitrogen functional groups attached to an aromatic ring is 1. The SMILES string of the molecule is COCCNC(=O)CNS(=O)(=O)c1ncccc1N. The Bertz CT molecular complexity index is 532. The Morgan fingerprint density at radius 1 is 1.53 bits per heavy atom. The van der Waals surface area contributed by atoms with Crippen LogP contribution >= 0.6 is 0 Å². The molecule has 4 N–H and O–H groups in total. The third-order valence-corrected chi connectivity index (χ3v) is 3.48. The fourth-order valence-corrected chi connectivity index (χ4v) is 2.25. The molecule has 1 aromatic heterocycles. The molecule has 0 aliphatic rings. The van der Waals surface area contributed by atoms with Gasteiger partial charge in [-0.2, -0.15) is 0 Å². The number of carbonyl (C=O) groups excluding carboxylic acids is 1. The molecular formula is C10H16N4O4S. The zero-order chi connectivity index (χ0) is 14.3. The van der Waals surface area contributed by atoms with E-state index < -0.39 is 15.9 Å². The number of hydrogen-bond acceptors (Lipinski definition) is 6. The molecule has 0 aliphatic heterocycles. The second kappa shape index (κ2) is 7.02. The summed E-state index contributed by atoms with van der Waals surface area (Å²) < 4.78 is 30.5. The van der Waals surface area contributed by atoms with Crippen LogP contribution in [-0.4, -0.2) is 46.1 Å². The van der Waals surface area contributed by atoms with E-state index in [1.165, 1.54) is 25.4 Å². The van der Waals surface area contributed by atoms with Crippen LogP contribution in [0.25, 0.3) is 0 Å². The predicted octanol–water partition coefficient (Wildman–Crippen LogP) is -1.30. The summed E-state index contributed by atoms with van der Waals surface area (Å²) in [4.78, 5) is 15.0. The number of hydrogen-bond donors (Lipinski definition) is 3. The first-order chi connectivity index (χ1) is 8.97. The normalized spacial score (nSPS) is 11.2. The van der Waals surface area contributed by atoms with Crippen molar-refractivity contribution < 1.29 is 17.9 Å². The third kappa shape index (κ3) is 4.81. The van der Waals surface area contributed by atoms with E-state index in [1.807, 2.05) is 0 Å². The van der Waals surface area contributed by atoms with Crippen LogP contribution in [0.3, 0.4) is 0 Å². The molecule has 0 bridgehead atoms. The minimum Gasteiger partial charge on any atom is -0.396 e. The molecule has 0 spiro atoms. The number of ether oxygens (including phenoxy) is 1. The highest BCUT2D eigenvalue weighted by Gasteiger charge is 2.19. The van der Waals surface area contributed by atoms with Crippen molar-refractivity contribution in [2.24, 2.45) is 0 Å². The maximum absolute atomic E-state index is 11.8. The van der Waals surface area contributed by atoms with Crippen LogP contribution in [0.5, 0.6) is 0 Å². The summed E-state index contributed by atoms with van der Waals surface area (Å²) in [6.07, 6.45) is 1.31. The summed E-state index contributed by atoms with van der Waals surface area (Å²) in [6.45, 7) is 0.274. The van der Waals surface area contributed by atoms with Gasteiger partial charge in [-0.1, -0.05) is 0 Å². The van der Waals surface area contributed by atoms with Gasteiger partial charge in [0.15, 0.2) is 5.03 Å². The number of anilines is 1. The van der Waals surface area contributed by atoms with E-state index in [9.17, 15) is 13.2 Å². The average Bonchev–Trinajstić information content (AvgIpc) is 2.37. The maximum atomic E-state index is 11.8. The Hall–Kier alpha value is -1.71. The van der Waals surface area contributed by atoms with Crippen molar-refractivity contribution in [1.29, 1.82) is 0 Å². The highest BCUT2D eigenvalue weighted by Crippen LogP contribution is 2.12. The number of rotatable bonds is 7. The van der Waals surface area contributed by atoms with Gasteiger partial charge in [-0.25, -0.2) is 18.1 Å². The number of pyridine rings is 1. The molecule has 0 fully saturated rings. The molecule has 19 heavy (non-hydrogen) atoms. The Morgan fingerprint density at radius 3 is 2.89 bits per heavy atom. The van der Waals surface area contributed by atoms with Crippen LogP contribution in [-0.2, 0) is 19.6 Å². The molecule has 106 valence electrons. The molecule has 9 heteroatoms. The van der Waals surface area contributed by atoms with Gasteiger partial charge in [0.05, 0.1) is 18.8 Å². The van der Waals surface area contributed by atoms with Gasteiger partial charge >= 0.3 is 0 Å². The van der Waals surface area contributed by atoms with Crippen LogP contribution in [0.1, 0.15) is 0 Å². The first-order valence-electron chi connectivity index (χ1n) is 5.43. The lowest BCUT2D eigenvalue weighted by molar-refractivity contribution is -0.120. The number of carbonyl (C=O) groups is 1. The van der Waals surface area contributed by atoms with Crippen LogP contribution in [0.2, 0.25) is 0 Å². The number of aromatic nitrogens is 1. The van der Waals surface area contributed by atoms with Crippen LogP contribution in [0.4, 0.5) is 5.69 Å². The quantitative estimate of drug-likeness (QED) is 0.536. The van der Waals surface area contributed by atoms with Gasteiger partial charge in [-0.05, 0) is 12.1 Å². The highest BCUT2D eigenvalue weighted by atomic mass is 32.2. The molecule has 0 aromatic carbocycles. The van der Waals surface area contributed by atoms with Crippen molar-refractivity contribution in [1.82, 2.24) is 15.0 Å². The largest absolute Gasteiger partial charge is 0.396 e. The van der Waals surface area contributed by atoms with Crippen molar-refractivity contribution in [3.05, 3.63) is 18.3 Å². The van der Waals surface area contributed by atoms with Gasteiger partial charge in [0.2, 0.25) is 5.91 Å². The van der Waals surface area contributed by atoms with Gasteiger partial charge in [-0.3, -0.25) is 4.79 Å². The van der Waals surface area contributed by atoms with Crippen molar-refractivity contribution in [2.45, 2.75) is 5.03 Å². The fraction of sp³-hybridized carbons (Fsp3) is 0.400. The third-order valence-electron chi connectivity index (χ3n) is 2.11. The van der Waals surface area contributed by atoms with Crippen molar-refractivity contribution in [3.63, 3.8) is 0 Å². The molecule has 0 unspecified atom stereocenters. The second-order valence-electron chi connectivity index (χ2n) is 3.57. The monoisotopic (exact) mass is 288 g/mol. The van der Waals surface area contributed by atoms with Crippen molar-refractivity contribution >= 4 is 21.6 Å². The van der Waals surface area contributed by atoms with Gasteiger partial charge in [0.1, 0.15) is 0 Å². The van der Waals surface area contributed by atoms with Gasteiger partial charge in [0.25, 0.3) is 10.0 Å². The minimum absolute atomic E-state index is 0.0230. The first kappa shape index (κ1) is 15.3. The summed E-state index contributed by atoms with van der Waals surface area (Å²) in [6, 6.07) is 2.94. The number of nitrogens with two attached hydrogens (primary N) is 1. The minimum atomic E-state index is -3.89. The summed E-state index contributed by atoms with van der Waals surface area (Å²) in [5.74, 6) is -0.463. The molecular weight excluding hydrogens is 272 g/mol. The van der Waals surface area contributed by atoms with E-state index in [2.05, 4.69) is 15.0 Å². The Kier molecular flexibility index (Phi) is 5.67. The molecule has 1 heterocycles. The number of nitrogens with zero attached hydrogens (tertiary/aromatic N) is 1. The number of amides is 1. The van der Waals surface area contributed by atoms with E-state index >= 15 is 0 Å². The topological polar surface area (TPSA) is 123 Å². The Balaban J connectivity index is 2.57. The summed E-state index contributed by atoms with van der Waals surface area (Å²) in [5.41, 5.74) is 5.54. The lowest BCUT2D eigenvalue weighted by Gasteiger charge is -2.08. The number of sulfonamides is 1. The molecule has 1 rings (SSSR count). The Morgan fingerprint density at radius 2 is 2.26 bits per heavy atom. The van der Waals surface area contributed by atoms with Crippen LogP contribution in [0, 0.1) is 0 Å². The smallest absolute Gasteiger partial charge is 0.260 e. The molecule has 0 atom stereocenters. The van der Waals surface area contributed by atoms with Crippen molar-refractivity contribution in [2.75, 3.05) is 32.5 Å². The van der Waals surface area contributed by atoms with E-state index in [-0.39, 0.29) is 17.3 Å². The summed E-state index contributed by atoms with van der Waals surface area (Å²) in [7, 11) is -2.40. The van der Waals surface area contributed by atoms with Gasteiger partial charge in [-0.15, -0.1) is 0 Å². The summed E-state index contributed by atoms with van der Waals surface area (Å²) in [5, 5.41) is 2.19. The highest BCUT2D eigenvalue weighted by molar-refractivity contribution is 7.89. The van der Waals surface area contributed by atoms with E-state index in [1.54, 1.807) is 0 Å². The zero-order valence-electron chi connectivity index (χ0n) is 10.4. The molecule has 0 saturated heterocycles. The second-order valence-corrected chi connectivity index (χ2v) is 5.25. The first-order valence-corrected chi connectivity index (χ1v) is 6.91. The molecule has 1 aromatic rings. The van der Waals surface area contributed by atoms with Crippen LogP contribution in [0.15, 0.2) is 23.4 Å². The van der Waals surface area contributed by atoms with Crippen LogP contribution < -0.4 is 15.8 Å². The van der Waals surface area contributed by atoms with E-state index in [0.717, 1.165) is 0 Å². The van der Waals surface area contributed by atoms with E-state index in [4.69, 9.17) is 10.5 Å². The lowest BCUT2D eigenvalue weighted by Crippen LogP contribution is -2.38. The maximum Gasteiger partial charge on any atom is 0.260 e. The molecule has 0 saturated carbocycles. The van der Waals surface area contributed by atoms with Gasteiger partial charge in [0, 0.05) is 19.9 Å². The number of nitrogens with one attached hydrogen (secondary N) is 2. The average molecular weight is 288 g/mol. The zero-order valence-corrected chi connectivity index (χ0v) is 11.2.